The molecule has 4 aliphatic rings. The first-order valence-corrected chi connectivity index (χ1v) is 12.6. The number of anilines is 5. The molecule has 192 valence electrons. The molecule has 0 spiro atoms. The smallest absolute Gasteiger partial charge is 0.329 e. The summed E-state index contributed by atoms with van der Waals surface area (Å²) in [6.45, 7) is 3.32. The van der Waals surface area contributed by atoms with E-state index in [2.05, 4.69) is 30.5 Å². The van der Waals surface area contributed by atoms with Crippen molar-refractivity contribution in [2.75, 3.05) is 51.5 Å². The molecule has 4 aliphatic heterocycles. The van der Waals surface area contributed by atoms with E-state index in [0.717, 1.165) is 38.2 Å². The van der Waals surface area contributed by atoms with E-state index in [9.17, 15) is 13.6 Å². The third-order valence-corrected chi connectivity index (χ3v) is 7.42. The molecule has 0 unspecified atom stereocenters. The van der Waals surface area contributed by atoms with Gasteiger partial charge in [0.2, 0.25) is 0 Å². The molecule has 0 aliphatic carbocycles. The summed E-state index contributed by atoms with van der Waals surface area (Å²) in [4.78, 5) is 30.6. The number of amides is 2. The molecular formula is C24H22Cl2F2N8O. The minimum absolute atomic E-state index is 0.0137. The van der Waals surface area contributed by atoms with Gasteiger partial charge in [-0.2, -0.15) is 0 Å². The van der Waals surface area contributed by atoms with Crippen LogP contribution in [0, 0.1) is 11.6 Å². The lowest BCUT2D eigenvalue weighted by molar-refractivity contribution is 0.254. The van der Waals surface area contributed by atoms with Crippen LogP contribution in [0.25, 0.3) is 0 Å². The normalized spacial score (nSPS) is 20.5. The highest BCUT2D eigenvalue weighted by atomic mass is 35.5. The molecule has 4 bridgehead atoms. The van der Waals surface area contributed by atoms with Gasteiger partial charge in [-0.05, 0) is 25.0 Å². The van der Waals surface area contributed by atoms with E-state index < -0.39 is 11.6 Å². The van der Waals surface area contributed by atoms with Gasteiger partial charge in [-0.15, -0.1) is 0 Å². The van der Waals surface area contributed by atoms with Gasteiger partial charge in [-0.25, -0.2) is 28.5 Å². The van der Waals surface area contributed by atoms with Gasteiger partial charge in [0.15, 0.2) is 33.6 Å². The maximum Gasteiger partial charge on any atom is 0.329 e. The van der Waals surface area contributed by atoms with Crippen LogP contribution in [0.4, 0.5) is 42.4 Å². The van der Waals surface area contributed by atoms with Crippen LogP contribution in [0.15, 0.2) is 36.5 Å². The summed E-state index contributed by atoms with van der Waals surface area (Å²) in [6.07, 6.45) is 3.47. The largest absolute Gasteiger partial charge is 0.366 e. The molecule has 0 radical (unpaired) electrons. The predicted octanol–water partition coefficient (Wildman–Crippen LogP) is 4.78. The van der Waals surface area contributed by atoms with Gasteiger partial charge in [0, 0.05) is 50.6 Å². The van der Waals surface area contributed by atoms with Crippen molar-refractivity contribution in [3.63, 3.8) is 0 Å². The van der Waals surface area contributed by atoms with Gasteiger partial charge < -0.3 is 15.1 Å². The number of carbonyl (C=O) groups excluding carboxylic acids is 1. The lowest BCUT2D eigenvalue weighted by Crippen LogP contribution is -2.48. The number of carbonyl (C=O) groups is 1. The summed E-state index contributed by atoms with van der Waals surface area (Å²) in [6, 6.07) is 8.14. The van der Waals surface area contributed by atoms with Crippen molar-refractivity contribution in [1.29, 1.82) is 0 Å². The number of nitrogens with one attached hydrogen (secondary N) is 2. The van der Waals surface area contributed by atoms with Crippen LogP contribution in [0.2, 0.25) is 10.3 Å². The second-order valence-corrected chi connectivity index (χ2v) is 9.93. The molecule has 9 nitrogen and oxygen atoms in total. The molecule has 2 fully saturated rings. The number of urea groups is 1. The van der Waals surface area contributed by atoms with Gasteiger partial charge in [-0.3, -0.25) is 10.2 Å². The number of pyridine rings is 3. The summed E-state index contributed by atoms with van der Waals surface area (Å²) >= 11 is 11.4. The average Bonchev–Trinajstić information content (AvgIpc) is 3.48. The third-order valence-electron chi connectivity index (χ3n) is 6.89. The van der Waals surface area contributed by atoms with Crippen molar-refractivity contribution in [2.24, 2.45) is 0 Å². The molecule has 2 atom stereocenters. The first-order valence-electron chi connectivity index (χ1n) is 11.9. The van der Waals surface area contributed by atoms with E-state index in [0.29, 0.717) is 35.7 Å². The molecule has 2 N–H and O–H groups in total. The van der Waals surface area contributed by atoms with Crippen LogP contribution in [0.1, 0.15) is 12.8 Å². The highest BCUT2D eigenvalue weighted by Gasteiger charge is 2.41. The Kier molecular flexibility index (Phi) is 6.12. The van der Waals surface area contributed by atoms with Crippen molar-refractivity contribution in [2.45, 2.75) is 24.9 Å². The van der Waals surface area contributed by atoms with E-state index in [4.69, 9.17) is 23.2 Å². The van der Waals surface area contributed by atoms with Gasteiger partial charge in [0.05, 0.1) is 17.4 Å². The molecule has 2 amide bonds. The van der Waals surface area contributed by atoms with Crippen LogP contribution < -0.4 is 25.3 Å². The van der Waals surface area contributed by atoms with Crippen LogP contribution in [-0.4, -0.2) is 59.2 Å². The Morgan fingerprint density at radius 3 is 2.51 bits per heavy atom. The minimum Gasteiger partial charge on any atom is -0.366 e. The monoisotopic (exact) mass is 546 g/mol. The van der Waals surface area contributed by atoms with Gasteiger partial charge in [0.1, 0.15) is 5.82 Å². The predicted molar refractivity (Wildman–Crippen MR) is 139 cm³/mol. The van der Waals surface area contributed by atoms with E-state index in [1.807, 2.05) is 4.90 Å². The Hall–Kier alpha value is -3.44. The first-order chi connectivity index (χ1) is 17.9. The summed E-state index contributed by atoms with van der Waals surface area (Å²) < 4.78 is 26.9. The quantitative estimate of drug-likeness (QED) is 0.424. The van der Waals surface area contributed by atoms with Crippen molar-refractivity contribution in [3.05, 3.63) is 58.5 Å². The Morgan fingerprint density at radius 1 is 1.00 bits per heavy atom. The molecule has 7 heterocycles. The Balaban J connectivity index is 0.000000153. The second kappa shape index (κ2) is 9.46. The number of halogens is 4. The molecule has 2 saturated heterocycles. The fraction of sp³-hybridized carbons (Fsp3) is 0.333. The zero-order chi connectivity index (χ0) is 25.7. The van der Waals surface area contributed by atoms with E-state index in [-0.39, 0.29) is 22.4 Å². The van der Waals surface area contributed by atoms with Crippen LogP contribution >= 0.6 is 23.2 Å². The maximum absolute atomic E-state index is 13.8. The summed E-state index contributed by atoms with van der Waals surface area (Å²) in [5.41, 5.74) is 1.43. The molecule has 3 aromatic rings. The summed E-state index contributed by atoms with van der Waals surface area (Å²) in [5, 5.41) is 5.71. The molecule has 0 saturated carbocycles. The molecule has 3 aromatic heterocycles. The number of hydrogen-bond acceptors (Lipinski definition) is 7. The zero-order valence-electron chi connectivity index (χ0n) is 19.5. The fourth-order valence-electron chi connectivity index (χ4n) is 5.16. The molecular weight excluding hydrogens is 525 g/mol. The second-order valence-electron chi connectivity index (χ2n) is 9.21. The lowest BCUT2D eigenvalue weighted by atomic mass is 10.2. The first kappa shape index (κ1) is 23.9. The maximum atomic E-state index is 13.8. The third kappa shape index (κ3) is 4.46. The highest BCUT2D eigenvalue weighted by Crippen LogP contribution is 2.40. The number of aromatic nitrogens is 3. The Labute approximate surface area is 221 Å². The number of hydrogen-bond donors (Lipinski definition) is 2. The Morgan fingerprint density at radius 2 is 1.73 bits per heavy atom. The van der Waals surface area contributed by atoms with Gasteiger partial charge >= 0.3 is 6.03 Å². The summed E-state index contributed by atoms with van der Waals surface area (Å²) in [5.74, 6) is 0.523. The topological polar surface area (TPSA) is 89.5 Å². The number of nitrogens with zero attached hydrogens (tertiary/aromatic N) is 6. The molecule has 13 heteroatoms. The zero-order valence-corrected chi connectivity index (χ0v) is 21.0. The van der Waals surface area contributed by atoms with Crippen molar-refractivity contribution in [1.82, 2.24) is 15.0 Å². The van der Waals surface area contributed by atoms with Crippen LogP contribution in [-0.2, 0) is 0 Å². The van der Waals surface area contributed by atoms with E-state index >= 15 is 0 Å². The van der Waals surface area contributed by atoms with Crippen molar-refractivity contribution < 1.29 is 13.6 Å². The summed E-state index contributed by atoms with van der Waals surface area (Å²) in [7, 11) is 0. The number of rotatable bonds is 1. The SMILES string of the molecule is Fc1cc2c(nc1Cl)N[C@H]1CCN2C1.O=C(Nc1ccccn1)N1c2nc(Cl)c(F)cc2N2CC[C@H]1C2. The standard InChI is InChI=1S/C15H13ClFN5O.C9H9ClFN3/c16-13-10(17)7-11-14(20-13)22(9-4-6-21(11)8-9)15(23)19-12-3-1-2-5-18-12;10-8-6(11)3-7-9(13-8)12-5-1-2-14(7)4-5/h1-3,5,7,9H,4,6,8H2,(H,18,19,23);3,5H,1-2,4H2,(H,12,13)/t9-;5-/m00/s1. The Bertz CT molecular complexity index is 1360. The van der Waals surface area contributed by atoms with Gasteiger partial charge in [-0.1, -0.05) is 29.3 Å². The van der Waals surface area contributed by atoms with Crippen LogP contribution in [0.5, 0.6) is 0 Å². The molecule has 0 aromatic carbocycles. The van der Waals surface area contributed by atoms with Crippen molar-refractivity contribution >= 4 is 58.1 Å². The molecule has 37 heavy (non-hydrogen) atoms. The van der Waals surface area contributed by atoms with Gasteiger partial charge in [0.25, 0.3) is 0 Å². The minimum atomic E-state index is -0.583. The van der Waals surface area contributed by atoms with E-state index in [1.54, 1.807) is 29.3 Å². The molecule has 7 rings (SSSR count). The van der Waals surface area contributed by atoms with E-state index in [1.165, 1.54) is 12.1 Å². The average molecular weight is 547 g/mol. The highest BCUT2D eigenvalue weighted by molar-refractivity contribution is 6.30. The lowest BCUT2D eigenvalue weighted by Gasteiger charge is -2.35. The van der Waals surface area contributed by atoms with Crippen LogP contribution in [0.3, 0.4) is 0 Å². The number of fused-ring (bicyclic) bond motifs is 8. The fourth-order valence-corrected chi connectivity index (χ4v) is 5.44. The van der Waals surface area contributed by atoms with Crippen molar-refractivity contribution in [3.8, 4) is 0 Å².